The van der Waals surface area contributed by atoms with Gasteiger partial charge in [-0.25, -0.2) is 10.9 Å². The Morgan fingerprint density at radius 2 is 1.24 bits per heavy atom. The van der Waals surface area contributed by atoms with E-state index in [9.17, 15) is 9.59 Å². The molecule has 0 aliphatic rings. The molecule has 0 atom stereocenters. The summed E-state index contributed by atoms with van der Waals surface area (Å²) in [6.07, 6.45) is 6.56. The van der Waals surface area contributed by atoms with Gasteiger partial charge >= 0.3 is 11.8 Å². The van der Waals surface area contributed by atoms with E-state index < -0.39 is 11.8 Å². The van der Waals surface area contributed by atoms with E-state index >= 15 is 0 Å². The number of hydrazone groups is 2. The summed E-state index contributed by atoms with van der Waals surface area (Å²) in [5, 5.41) is 8.01. The normalized spacial score (nSPS) is 11.8. The molecule has 9 nitrogen and oxygen atoms in total. The minimum Gasteiger partial charge on any atom is -0.446 e. The Morgan fingerprint density at radius 3 is 1.62 bits per heavy atom. The Hall–Kier alpha value is -4.14. The zero-order chi connectivity index (χ0) is 20.6. The predicted octanol–water partition coefficient (Wildman–Crippen LogP) is 2.38. The van der Waals surface area contributed by atoms with Crippen LogP contribution in [0.1, 0.15) is 46.1 Å². The Bertz CT molecular complexity index is 974. The van der Waals surface area contributed by atoms with Gasteiger partial charge < -0.3 is 4.42 Å². The third kappa shape index (κ3) is 5.19. The number of nitrogens with one attached hydrogen (secondary N) is 2. The molecule has 0 radical (unpaired) electrons. The first-order chi connectivity index (χ1) is 14.0. The molecule has 0 bridgehead atoms. The average Bonchev–Trinajstić information content (AvgIpc) is 3.27. The smallest absolute Gasteiger partial charge is 0.307 e. The van der Waals surface area contributed by atoms with Crippen molar-refractivity contribution in [3.63, 3.8) is 0 Å². The maximum Gasteiger partial charge on any atom is 0.307 e. The molecule has 0 aliphatic heterocycles. The molecule has 3 heterocycles. The number of carbonyl (C=O) groups excluding carboxylic acids is 2. The largest absolute Gasteiger partial charge is 0.446 e. The van der Waals surface area contributed by atoms with Crippen molar-refractivity contribution in [3.8, 4) is 0 Å². The number of hydrogen-bond donors (Lipinski definition) is 2. The lowest BCUT2D eigenvalue weighted by Gasteiger charge is -2.01. The third-order valence-corrected chi connectivity index (χ3v) is 3.86. The number of furan rings is 1. The van der Waals surface area contributed by atoms with Crippen molar-refractivity contribution in [2.75, 3.05) is 0 Å². The van der Waals surface area contributed by atoms with Crippen molar-refractivity contribution in [2.45, 2.75) is 13.8 Å². The maximum atomic E-state index is 12.2. The molecule has 3 rings (SSSR count). The first-order valence-corrected chi connectivity index (χ1v) is 8.64. The van der Waals surface area contributed by atoms with Crippen molar-refractivity contribution in [3.05, 3.63) is 83.8 Å². The second-order valence-corrected chi connectivity index (χ2v) is 5.92. The fourth-order valence-electron chi connectivity index (χ4n) is 2.24. The van der Waals surface area contributed by atoms with E-state index in [4.69, 9.17) is 4.42 Å². The highest BCUT2D eigenvalue weighted by Crippen LogP contribution is 2.08. The van der Waals surface area contributed by atoms with Gasteiger partial charge in [-0.05, 0) is 38.1 Å². The Kier molecular flexibility index (Phi) is 6.21. The number of amides is 2. The van der Waals surface area contributed by atoms with Crippen LogP contribution in [0.3, 0.4) is 0 Å². The lowest BCUT2D eigenvalue weighted by atomic mass is 10.2. The van der Waals surface area contributed by atoms with Gasteiger partial charge in [0.2, 0.25) is 0 Å². The fourth-order valence-corrected chi connectivity index (χ4v) is 2.24. The molecule has 0 spiro atoms. The lowest BCUT2D eigenvalue weighted by Crippen LogP contribution is -2.20. The second kappa shape index (κ2) is 9.18. The number of pyridine rings is 2. The highest BCUT2D eigenvalue weighted by molar-refractivity contribution is 6.01. The molecule has 0 aliphatic carbocycles. The molecule has 0 unspecified atom stereocenters. The highest BCUT2D eigenvalue weighted by Gasteiger charge is 2.15. The fraction of sp³-hybridized carbons (Fsp3) is 0.100. The van der Waals surface area contributed by atoms with Crippen LogP contribution in [0.15, 0.2) is 75.8 Å². The van der Waals surface area contributed by atoms with Gasteiger partial charge in [-0.3, -0.25) is 19.6 Å². The van der Waals surface area contributed by atoms with E-state index in [1.54, 1.807) is 50.8 Å². The molecule has 3 aromatic rings. The van der Waals surface area contributed by atoms with Gasteiger partial charge in [0.05, 0.1) is 11.4 Å². The van der Waals surface area contributed by atoms with Crippen molar-refractivity contribution < 1.29 is 14.0 Å². The van der Waals surface area contributed by atoms with Crippen LogP contribution in [0.5, 0.6) is 0 Å². The molecule has 3 aromatic heterocycles. The number of nitrogens with zero attached hydrogens (tertiary/aromatic N) is 4. The summed E-state index contributed by atoms with van der Waals surface area (Å²) in [4.78, 5) is 32.3. The van der Waals surface area contributed by atoms with E-state index in [1.807, 2.05) is 12.1 Å². The van der Waals surface area contributed by atoms with E-state index in [2.05, 4.69) is 31.0 Å². The van der Waals surface area contributed by atoms with Crippen molar-refractivity contribution in [1.82, 2.24) is 20.8 Å². The molecule has 29 heavy (non-hydrogen) atoms. The molecule has 2 amide bonds. The molecular weight excluding hydrogens is 372 g/mol. The molecule has 9 heteroatoms. The van der Waals surface area contributed by atoms with Crippen LogP contribution in [0, 0.1) is 0 Å². The summed E-state index contributed by atoms with van der Waals surface area (Å²) < 4.78 is 5.30. The van der Waals surface area contributed by atoms with E-state index in [0.29, 0.717) is 11.4 Å². The van der Waals surface area contributed by atoms with Gasteiger partial charge in [0, 0.05) is 35.9 Å². The highest BCUT2D eigenvalue weighted by atomic mass is 16.4. The van der Waals surface area contributed by atoms with E-state index in [1.165, 1.54) is 12.1 Å². The number of hydrogen-bond acceptors (Lipinski definition) is 7. The van der Waals surface area contributed by atoms with Gasteiger partial charge in [-0.1, -0.05) is 12.1 Å². The van der Waals surface area contributed by atoms with Gasteiger partial charge in [0.15, 0.2) is 11.5 Å². The molecule has 146 valence electrons. The topological polar surface area (TPSA) is 122 Å². The van der Waals surface area contributed by atoms with Crippen molar-refractivity contribution in [1.29, 1.82) is 0 Å². The van der Waals surface area contributed by atoms with Crippen LogP contribution in [0.25, 0.3) is 0 Å². The number of aromatic nitrogens is 2. The van der Waals surface area contributed by atoms with Crippen LogP contribution in [0.2, 0.25) is 0 Å². The Morgan fingerprint density at radius 1 is 0.793 bits per heavy atom. The summed E-state index contributed by atoms with van der Waals surface area (Å²) in [6.45, 7) is 3.47. The molecule has 0 saturated heterocycles. The van der Waals surface area contributed by atoms with Crippen LogP contribution in [-0.2, 0) is 0 Å². The predicted molar refractivity (Wildman–Crippen MR) is 107 cm³/mol. The SMILES string of the molecule is C/C(=N\NC(=O)c1ccc(C(=O)N/N=C(\C)c2cccnc2)o1)c1cccnc1. The maximum absolute atomic E-state index is 12.2. The summed E-state index contributed by atoms with van der Waals surface area (Å²) in [5.74, 6) is -1.26. The quantitative estimate of drug-likeness (QED) is 0.494. The molecule has 0 saturated carbocycles. The Balaban J connectivity index is 1.61. The van der Waals surface area contributed by atoms with E-state index in [-0.39, 0.29) is 11.5 Å². The standard InChI is InChI=1S/C20H18N6O3/c1-13(15-5-3-9-21-11-15)23-25-19(27)17-7-8-18(29-17)20(28)26-24-14(2)16-6-4-10-22-12-16/h3-12H,1-2H3,(H,25,27)(H,26,28)/b23-13+,24-14+. The van der Waals surface area contributed by atoms with Crippen molar-refractivity contribution in [2.24, 2.45) is 10.2 Å². The molecular formula is C20H18N6O3. The first-order valence-electron chi connectivity index (χ1n) is 8.64. The monoisotopic (exact) mass is 390 g/mol. The van der Waals surface area contributed by atoms with E-state index in [0.717, 1.165) is 11.1 Å². The van der Waals surface area contributed by atoms with Crippen LogP contribution in [0.4, 0.5) is 0 Å². The number of rotatable bonds is 6. The molecule has 0 aromatic carbocycles. The lowest BCUT2D eigenvalue weighted by molar-refractivity contribution is 0.0902. The zero-order valence-electron chi connectivity index (χ0n) is 15.8. The third-order valence-electron chi connectivity index (χ3n) is 3.86. The summed E-state index contributed by atoms with van der Waals surface area (Å²) in [5.41, 5.74) is 7.47. The summed E-state index contributed by atoms with van der Waals surface area (Å²) >= 11 is 0. The first kappa shape index (κ1) is 19.6. The van der Waals surface area contributed by atoms with Gasteiger partial charge in [0.1, 0.15) is 0 Å². The molecule has 2 N–H and O–H groups in total. The molecule has 0 fully saturated rings. The zero-order valence-corrected chi connectivity index (χ0v) is 15.8. The second-order valence-electron chi connectivity index (χ2n) is 5.92. The van der Waals surface area contributed by atoms with Gasteiger partial charge in [0.25, 0.3) is 0 Å². The van der Waals surface area contributed by atoms with Crippen LogP contribution in [-0.4, -0.2) is 33.2 Å². The van der Waals surface area contributed by atoms with Crippen LogP contribution < -0.4 is 10.9 Å². The minimum atomic E-state index is -0.581. The number of carbonyl (C=O) groups is 2. The van der Waals surface area contributed by atoms with Crippen LogP contribution >= 0.6 is 0 Å². The average molecular weight is 390 g/mol. The van der Waals surface area contributed by atoms with Gasteiger partial charge in [-0.2, -0.15) is 10.2 Å². The minimum absolute atomic E-state index is 0.0501. The van der Waals surface area contributed by atoms with Crippen molar-refractivity contribution >= 4 is 23.2 Å². The summed E-state index contributed by atoms with van der Waals surface area (Å²) in [6, 6.07) is 9.95. The summed E-state index contributed by atoms with van der Waals surface area (Å²) in [7, 11) is 0. The van der Waals surface area contributed by atoms with Gasteiger partial charge in [-0.15, -0.1) is 0 Å². The Labute approximate surface area is 166 Å².